The first-order valence-corrected chi connectivity index (χ1v) is 7.03. The van der Waals surface area contributed by atoms with Gasteiger partial charge >= 0.3 is 0 Å². The maximum atomic E-state index is 8.57. The molecule has 0 N–H and O–H groups in total. The van der Waals surface area contributed by atoms with E-state index < -0.39 is 0 Å². The summed E-state index contributed by atoms with van der Waals surface area (Å²) in [6, 6.07) is 7.72. The number of halogens is 1. The van der Waals surface area contributed by atoms with Crippen LogP contribution in [-0.2, 0) is 0 Å². The second-order valence-electron chi connectivity index (χ2n) is 3.99. The summed E-state index contributed by atoms with van der Waals surface area (Å²) in [7, 11) is 0. The van der Waals surface area contributed by atoms with Crippen molar-refractivity contribution in [1.29, 1.82) is 0 Å². The van der Waals surface area contributed by atoms with Crippen molar-refractivity contribution in [3.8, 4) is 0 Å². The molecule has 0 saturated carbocycles. The number of benzene rings is 3. The van der Waals surface area contributed by atoms with Crippen LogP contribution in [0, 0.1) is 0 Å². The second kappa shape index (κ2) is 3.81. The van der Waals surface area contributed by atoms with E-state index in [2.05, 4.69) is 15.9 Å². The van der Waals surface area contributed by atoms with Gasteiger partial charge in [0.25, 0.3) is 0 Å². The summed E-state index contributed by atoms with van der Waals surface area (Å²) in [5.41, 5.74) is 0. The van der Waals surface area contributed by atoms with Crippen LogP contribution in [-0.4, -0.2) is 0 Å². The lowest BCUT2D eigenvalue weighted by Crippen LogP contribution is -1.73. The van der Waals surface area contributed by atoms with E-state index >= 15 is 0 Å². The third-order valence-electron chi connectivity index (χ3n) is 2.87. The average Bonchev–Trinajstić information content (AvgIpc) is 2.94. The highest BCUT2D eigenvalue weighted by Crippen LogP contribution is 2.36. The predicted octanol–water partition coefficient (Wildman–Crippen LogP) is 5.97. The van der Waals surface area contributed by atoms with Crippen LogP contribution < -0.4 is 0 Å². The Kier molecular flexibility index (Phi) is 1.41. The van der Waals surface area contributed by atoms with Crippen LogP contribution in [0.25, 0.3) is 30.9 Å². The highest BCUT2D eigenvalue weighted by atomic mass is 79.9. The minimum absolute atomic E-state index is 0.00307. The number of rotatable bonds is 0. The molecule has 0 spiro atoms. The minimum atomic E-state index is -0.115. The summed E-state index contributed by atoms with van der Waals surface area (Å²) in [5.74, 6) is 0. The van der Waals surface area contributed by atoms with Crippen LogP contribution in [0.4, 0.5) is 0 Å². The van der Waals surface area contributed by atoms with Gasteiger partial charge in [-0.2, -0.15) is 0 Å². The summed E-state index contributed by atoms with van der Waals surface area (Å²) in [5, 5.41) is 2.02. The molecule has 1 heterocycles. The molecular weight excluding hydrogens is 304 g/mol. The molecule has 0 aliphatic heterocycles. The first-order chi connectivity index (χ1) is 10.9. The standard InChI is InChI=1S/C16H9BrS/c17-12-6-5-10-9-16-14(8-11(10)7-12)13-3-1-2-4-15(13)18-16/h1-9H/i5D,6D,7D,8D,9D. The molecule has 0 nitrogen and oxygen atoms in total. The van der Waals surface area contributed by atoms with Gasteiger partial charge in [-0.3, -0.25) is 0 Å². The Balaban J connectivity index is 2.42. The van der Waals surface area contributed by atoms with Crippen LogP contribution in [0.15, 0.2) is 59.0 Å². The number of hydrogen-bond donors (Lipinski definition) is 0. The van der Waals surface area contributed by atoms with Gasteiger partial charge in [0.15, 0.2) is 0 Å². The molecule has 3 aromatic carbocycles. The number of thiophene rings is 1. The first-order valence-electron chi connectivity index (χ1n) is 7.92. The molecule has 0 radical (unpaired) electrons. The van der Waals surface area contributed by atoms with Crippen molar-refractivity contribution in [2.24, 2.45) is 0 Å². The van der Waals surface area contributed by atoms with Crippen molar-refractivity contribution in [1.82, 2.24) is 0 Å². The Bertz CT molecular complexity index is 1130. The molecule has 0 unspecified atom stereocenters. The summed E-state index contributed by atoms with van der Waals surface area (Å²) in [4.78, 5) is 0. The Hall–Kier alpha value is -1.38. The third kappa shape index (κ3) is 1.49. The van der Waals surface area contributed by atoms with Gasteiger partial charge in [-0.15, -0.1) is 11.3 Å². The molecule has 86 valence electrons. The van der Waals surface area contributed by atoms with E-state index in [0.29, 0.717) is 10.1 Å². The van der Waals surface area contributed by atoms with Crippen LogP contribution in [0.1, 0.15) is 6.85 Å². The van der Waals surface area contributed by atoms with Gasteiger partial charge in [0, 0.05) is 24.6 Å². The predicted molar refractivity (Wildman–Crippen MR) is 84.5 cm³/mol. The molecule has 1 aromatic heterocycles. The maximum absolute atomic E-state index is 8.57. The molecule has 0 saturated heterocycles. The second-order valence-corrected chi connectivity index (χ2v) is 5.84. The zero-order valence-electron chi connectivity index (χ0n) is 14.1. The van der Waals surface area contributed by atoms with E-state index in [0.717, 1.165) is 10.1 Å². The van der Waals surface area contributed by atoms with Crippen LogP contribution in [0.5, 0.6) is 0 Å². The van der Waals surface area contributed by atoms with E-state index in [9.17, 15) is 0 Å². The highest BCUT2D eigenvalue weighted by Gasteiger charge is 2.05. The van der Waals surface area contributed by atoms with Crippen molar-refractivity contribution in [2.45, 2.75) is 0 Å². The molecule has 0 amide bonds. The summed E-state index contributed by atoms with van der Waals surface area (Å²) in [6.07, 6.45) is 0. The Morgan fingerprint density at radius 3 is 2.72 bits per heavy atom. The number of hydrogen-bond acceptors (Lipinski definition) is 1. The van der Waals surface area contributed by atoms with Crippen molar-refractivity contribution in [3.05, 3.63) is 59.0 Å². The number of fused-ring (bicyclic) bond motifs is 4. The fourth-order valence-electron chi connectivity index (χ4n) is 2.07. The van der Waals surface area contributed by atoms with E-state index in [1.165, 1.54) is 11.3 Å². The largest absolute Gasteiger partial charge is 0.135 e. The zero-order valence-corrected chi connectivity index (χ0v) is 11.5. The molecule has 18 heavy (non-hydrogen) atoms. The van der Waals surface area contributed by atoms with Gasteiger partial charge < -0.3 is 0 Å². The Morgan fingerprint density at radius 2 is 1.78 bits per heavy atom. The van der Waals surface area contributed by atoms with E-state index in [-0.39, 0.29) is 45.5 Å². The van der Waals surface area contributed by atoms with Gasteiger partial charge in [0.1, 0.15) is 0 Å². The quantitative estimate of drug-likeness (QED) is 0.375. The molecule has 0 fully saturated rings. The summed E-state index contributed by atoms with van der Waals surface area (Å²) in [6.45, 7) is 0. The maximum Gasteiger partial charge on any atom is 0.0644 e. The molecule has 4 rings (SSSR count). The SMILES string of the molecule is [2H]c1c(Br)c([2H])c2c([2H])c3c(sc4ccccc43)c([2H])c2c1[2H]. The minimum Gasteiger partial charge on any atom is -0.135 e. The van der Waals surface area contributed by atoms with E-state index in [1.807, 2.05) is 24.3 Å². The fourth-order valence-corrected chi connectivity index (χ4v) is 3.43. The molecule has 0 bridgehead atoms. The lowest BCUT2D eigenvalue weighted by Gasteiger charge is -1.99. The van der Waals surface area contributed by atoms with Gasteiger partial charge in [0.05, 0.1) is 6.85 Å². The highest BCUT2D eigenvalue weighted by molar-refractivity contribution is 9.10. The van der Waals surface area contributed by atoms with Crippen molar-refractivity contribution < 1.29 is 6.85 Å². The van der Waals surface area contributed by atoms with E-state index in [1.54, 1.807) is 0 Å². The van der Waals surface area contributed by atoms with Gasteiger partial charge in [-0.25, -0.2) is 0 Å². The topological polar surface area (TPSA) is 0 Å². The summed E-state index contributed by atoms with van der Waals surface area (Å²) >= 11 is 4.59. The monoisotopic (exact) mass is 317 g/mol. The summed E-state index contributed by atoms with van der Waals surface area (Å²) < 4.78 is 43.2. The lowest BCUT2D eigenvalue weighted by atomic mass is 10.1. The lowest BCUT2D eigenvalue weighted by molar-refractivity contribution is 1.74. The molecule has 0 aliphatic rings. The van der Waals surface area contributed by atoms with Crippen LogP contribution in [0.2, 0.25) is 0 Å². The molecule has 0 aliphatic carbocycles. The Labute approximate surface area is 124 Å². The average molecular weight is 318 g/mol. The van der Waals surface area contributed by atoms with Gasteiger partial charge in [-0.05, 0) is 41.0 Å². The zero-order chi connectivity index (χ0) is 16.5. The smallest absolute Gasteiger partial charge is 0.0644 e. The first kappa shape index (κ1) is 6.69. The van der Waals surface area contributed by atoms with Crippen molar-refractivity contribution in [2.75, 3.05) is 0 Å². The van der Waals surface area contributed by atoms with Crippen LogP contribution >= 0.6 is 27.3 Å². The van der Waals surface area contributed by atoms with Crippen molar-refractivity contribution >= 4 is 58.2 Å². The fraction of sp³-hybridized carbons (Fsp3) is 0. The Morgan fingerprint density at radius 1 is 0.889 bits per heavy atom. The van der Waals surface area contributed by atoms with E-state index in [4.69, 9.17) is 6.85 Å². The molecule has 4 aromatic rings. The van der Waals surface area contributed by atoms with Crippen LogP contribution in [0.3, 0.4) is 0 Å². The molecular formula is C16H9BrS. The molecule has 0 atom stereocenters. The van der Waals surface area contributed by atoms with Gasteiger partial charge in [-0.1, -0.05) is 40.2 Å². The van der Waals surface area contributed by atoms with Gasteiger partial charge in [0.2, 0.25) is 0 Å². The van der Waals surface area contributed by atoms with Crippen molar-refractivity contribution in [3.63, 3.8) is 0 Å². The molecule has 2 heteroatoms. The third-order valence-corrected chi connectivity index (χ3v) is 4.35. The normalized spacial score (nSPS) is 15.5.